The minimum absolute atomic E-state index is 0.336. The number of carbonyl (C=O) groups excluding carboxylic acids is 1. The zero-order valence-electron chi connectivity index (χ0n) is 11.2. The van der Waals surface area contributed by atoms with Crippen molar-refractivity contribution in [3.8, 4) is 0 Å². The minimum Gasteiger partial charge on any atom is -0.356 e. The van der Waals surface area contributed by atoms with Crippen molar-refractivity contribution in [2.24, 2.45) is 29.6 Å². The highest BCUT2D eigenvalue weighted by Crippen LogP contribution is 2.69. The number of hydrogen-bond acceptors (Lipinski definition) is 1. The fraction of sp³-hybridized carbons (Fsp3) is 0.588. The Morgan fingerprint density at radius 1 is 1.11 bits per heavy atom. The Morgan fingerprint density at radius 2 is 1.79 bits per heavy atom. The first kappa shape index (κ1) is 11.5. The van der Waals surface area contributed by atoms with Crippen LogP contribution in [0.4, 0.5) is 0 Å². The summed E-state index contributed by atoms with van der Waals surface area (Å²) in [7, 11) is 0. The molecule has 2 heteroatoms. The highest BCUT2D eigenvalue weighted by Gasteiger charge is 2.67. The van der Waals surface area contributed by atoms with Gasteiger partial charge in [-0.15, -0.1) is 0 Å². The summed E-state index contributed by atoms with van der Waals surface area (Å²) in [5.74, 6) is 4.01. The van der Waals surface area contributed by atoms with Crippen molar-refractivity contribution in [1.29, 1.82) is 0 Å². The molecule has 3 aliphatic rings. The molecule has 0 heterocycles. The molecule has 1 aromatic carbocycles. The van der Waals surface area contributed by atoms with E-state index in [9.17, 15) is 4.79 Å². The van der Waals surface area contributed by atoms with Crippen molar-refractivity contribution in [1.82, 2.24) is 5.32 Å². The lowest BCUT2D eigenvalue weighted by Crippen LogP contribution is -2.29. The first-order chi connectivity index (χ1) is 9.34. The number of carbonyl (C=O) groups is 1. The Morgan fingerprint density at radius 3 is 2.47 bits per heavy atom. The smallest absolute Gasteiger partial charge is 0.223 e. The van der Waals surface area contributed by atoms with E-state index in [1.165, 1.54) is 24.8 Å². The lowest BCUT2D eigenvalue weighted by Gasteiger charge is -2.09. The second-order valence-corrected chi connectivity index (χ2v) is 6.54. The number of fused-ring (bicyclic) bond motifs is 5. The zero-order chi connectivity index (χ0) is 12.8. The summed E-state index contributed by atoms with van der Waals surface area (Å²) in [5.41, 5.74) is 1.30. The number of hydrogen-bond donors (Lipinski definition) is 1. The summed E-state index contributed by atoms with van der Waals surface area (Å²) in [4.78, 5) is 12.2. The van der Waals surface area contributed by atoms with Gasteiger partial charge in [-0.25, -0.2) is 0 Å². The zero-order valence-corrected chi connectivity index (χ0v) is 11.2. The van der Waals surface area contributed by atoms with E-state index < -0.39 is 0 Å². The van der Waals surface area contributed by atoms with Gasteiger partial charge in [0, 0.05) is 12.5 Å². The van der Waals surface area contributed by atoms with E-state index in [0.717, 1.165) is 36.6 Å². The topological polar surface area (TPSA) is 29.1 Å². The minimum atomic E-state index is 0.336. The molecule has 0 aromatic heterocycles. The Hall–Kier alpha value is -1.31. The molecule has 3 aliphatic carbocycles. The molecule has 1 amide bonds. The Kier molecular flexibility index (Phi) is 2.64. The molecule has 3 fully saturated rings. The Labute approximate surface area is 114 Å². The molecule has 1 aromatic rings. The van der Waals surface area contributed by atoms with Gasteiger partial charge in [0.05, 0.1) is 0 Å². The normalized spacial score (nSPS) is 38.0. The van der Waals surface area contributed by atoms with Gasteiger partial charge in [-0.1, -0.05) is 30.3 Å². The van der Waals surface area contributed by atoms with Crippen LogP contribution in [0.5, 0.6) is 0 Å². The van der Waals surface area contributed by atoms with Gasteiger partial charge in [0.1, 0.15) is 0 Å². The van der Waals surface area contributed by atoms with Crippen LogP contribution in [0.1, 0.15) is 24.8 Å². The van der Waals surface area contributed by atoms with Crippen molar-refractivity contribution < 1.29 is 4.79 Å². The molecule has 2 bridgehead atoms. The SMILES string of the molecule is O=C(NCCc1ccccc1)C1[C@@H]2[C@@H]3CC[C@H](C3)[C@H]12. The maximum Gasteiger partial charge on any atom is 0.223 e. The van der Waals surface area contributed by atoms with Gasteiger partial charge in [-0.2, -0.15) is 0 Å². The first-order valence-electron chi connectivity index (χ1n) is 7.66. The monoisotopic (exact) mass is 255 g/mol. The molecule has 0 spiro atoms. The predicted octanol–water partition coefficient (Wildman–Crippen LogP) is 2.64. The third-order valence-electron chi connectivity index (χ3n) is 5.59. The second-order valence-electron chi connectivity index (χ2n) is 6.54. The largest absolute Gasteiger partial charge is 0.356 e. The van der Waals surface area contributed by atoms with Crippen LogP contribution < -0.4 is 5.32 Å². The van der Waals surface area contributed by atoms with Crippen LogP contribution in [0.15, 0.2) is 30.3 Å². The molecule has 1 N–H and O–H groups in total. The van der Waals surface area contributed by atoms with Gasteiger partial charge < -0.3 is 5.32 Å². The Balaban J connectivity index is 1.27. The van der Waals surface area contributed by atoms with Crippen molar-refractivity contribution in [3.63, 3.8) is 0 Å². The van der Waals surface area contributed by atoms with Crippen molar-refractivity contribution in [2.75, 3.05) is 6.54 Å². The molecule has 0 saturated heterocycles. The van der Waals surface area contributed by atoms with E-state index in [1.807, 2.05) is 6.07 Å². The average Bonchev–Trinajstić information content (AvgIpc) is 2.89. The number of nitrogens with one attached hydrogen (secondary N) is 1. The summed E-state index contributed by atoms with van der Waals surface area (Å²) in [6, 6.07) is 10.4. The lowest BCUT2D eigenvalue weighted by atomic mass is 10.0. The van der Waals surface area contributed by atoms with Crippen LogP contribution in [0.3, 0.4) is 0 Å². The molecular weight excluding hydrogens is 234 g/mol. The van der Waals surface area contributed by atoms with Crippen molar-refractivity contribution >= 4 is 5.91 Å². The van der Waals surface area contributed by atoms with E-state index in [-0.39, 0.29) is 0 Å². The maximum atomic E-state index is 12.2. The van der Waals surface area contributed by atoms with Crippen LogP contribution in [-0.4, -0.2) is 12.5 Å². The lowest BCUT2D eigenvalue weighted by molar-refractivity contribution is -0.123. The molecule has 4 rings (SSSR count). The van der Waals surface area contributed by atoms with Crippen LogP contribution in [0.25, 0.3) is 0 Å². The molecular formula is C17H21NO. The van der Waals surface area contributed by atoms with Gasteiger partial charge in [-0.05, 0) is 54.9 Å². The molecule has 2 nitrogen and oxygen atoms in total. The molecule has 100 valence electrons. The van der Waals surface area contributed by atoms with Gasteiger partial charge >= 0.3 is 0 Å². The van der Waals surface area contributed by atoms with E-state index in [4.69, 9.17) is 0 Å². The van der Waals surface area contributed by atoms with Gasteiger partial charge in [-0.3, -0.25) is 4.79 Å². The quantitative estimate of drug-likeness (QED) is 0.880. The van der Waals surface area contributed by atoms with E-state index >= 15 is 0 Å². The first-order valence-corrected chi connectivity index (χ1v) is 7.66. The number of rotatable bonds is 4. The fourth-order valence-corrected chi connectivity index (χ4v) is 4.77. The van der Waals surface area contributed by atoms with E-state index in [0.29, 0.717) is 11.8 Å². The highest BCUT2D eigenvalue weighted by molar-refractivity contribution is 5.82. The van der Waals surface area contributed by atoms with E-state index in [1.54, 1.807) is 0 Å². The second kappa shape index (κ2) is 4.36. The average molecular weight is 255 g/mol. The number of amides is 1. The van der Waals surface area contributed by atoms with Crippen LogP contribution in [0.2, 0.25) is 0 Å². The summed E-state index contributed by atoms with van der Waals surface area (Å²) >= 11 is 0. The van der Waals surface area contributed by atoms with Crippen molar-refractivity contribution in [3.05, 3.63) is 35.9 Å². The third-order valence-corrected chi connectivity index (χ3v) is 5.59. The van der Waals surface area contributed by atoms with Crippen LogP contribution in [-0.2, 0) is 11.2 Å². The Bertz CT molecular complexity index is 467. The van der Waals surface area contributed by atoms with Crippen LogP contribution >= 0.6 is 0 Å². The predicted molar refractivity (Wildman–Crippen MR) is 74.5 cm³/mol. The summed E-state index contributed by atoms with van der Waals surface area (Å²) in [6.45, 7) is 0.786. The molecule has 5 atom stereocenters. The summed E-state index contributed by atoms with van der Waals surface area (Å²) in [6.07, 6.45) is 5.14. The van der Waals surface area contributed by atoms with Gasteiger partial charge in [0.2, 0.25) is 5.91 Å². The summed E-state index contributed by atoms with van der Waals surface area (Å²) in [5, 5.41) is 3.15. The molecule has 0 aliphatic heterocycles. The summed E-state index contributed by atoms with van der Waals surface area (Å²) < 4.78 is 0. The highest BCUT2D eigenvalue weighted by atomic mass is 16.2. The number of benzene rings is 1. The van der Waals surface area contributed by atoms with Crippen molar-refractivity contribution in [2.45, 2.75) is 25.7 Å². The standard InChI is InChI=1S/C17H21NO/c19-17(18-9-8-11-4-2-1-3-5-11)16-14-12-6-7-13(10-12)15(14)16/h1-5,12-16H,6-10H2,(H,18,19)/t12-,13-,14-,15+,16?/m1/s1. The third kappa shape index (κ3) is 1.89. The van der Waals surface area contributed by atoms with Gasteiger partial charge in [0.25, 0.3) is 0 Å². The maximum absolute atomic E-state index is 12.2. The molecule has 1 unspecified atom stereocenters. The molecule has 0 radical (unpaired) electrons. The molecule has 3 saturated carbocycles. The van der Waals surface area contributed by atoms with E-state index in [2.05, 4.69) is 29.6 Å². The fourth-order valence-electron chi connectivity index (χ4n) is 4.77. The molecule has 19 heavy (non-hydrogen) atoms. The van der Waals surface area contributed by atoms with Crippen LogP contribution in [0, 0.1) is 29.6 Å². The van der Waals surface area contributed by atoms with Gasteiger partial charge in [0.15, 0.2) is 0 Å².